The Morgan fingerprint density at radius 2 is 2.00 bits per heavy atom. The molecule has 3 aromatic heterocycles. The van der Waals surface area contributed by atoms with E-state index >= 15 is 0 Å². The van der Waals surface area contributed by atoms with E-state index in [1.165, 1.54) is 24.6 Å². The van der Waals surface area contributed by atoms with E-state index in [0.717, 1.165) is 16.1 Å². The molecule has 8 heteroatoms. The van der Waals surface area contributed by atoms with Crippen LogP contribution in [0.1, 0.15) is 27.7 Å². The Morgan fingerprint density at radius 1 is 1.17 bits per heavy atom. The maximum Gasteiger partial charge on any atom is 0.307 e. The lowest BCUT2D eigenvalue weighted by Crippen LogP contribution is -2.30. The van der Waals surface area contributed by atoms with E-state index in [-0.39, 0.29) is 12.3 Å². The molecule has 1 atom stereocenters. The number of nitrogens with one attached hydrogen (secondary N) is 1. The number of benzene rings is 1. The number of amides is 1. The SMILES string of the molecule is COC(=O)CC(NC(=O)c1cnn2c(-c3ccccc3)ccnc12)c1cccs1. The molecule has 4 rings (SSSR count). The number of methoxy groups -OCH3 is 1. The van der Waals surface area contributed by atoms with Gasteiger partial charge in [-0.25, -0.2) is 9.50 Å². The molecule has 3 heterocycles. The molecule has 1 amide bonds. The van der Waals surface area contributed by atoms with Gasteiger partial charge in [-0.1, -0.05) is 36.4 Å². The van der Waals surface area contributed by atoms with E-state index in [1.807, 2.05) is 53.9 Å². The number of thiophene rings is 1. The van der Waals surface area contributed by atoms with Crippen molar-refractivity contribution in [1.82, 2.24) is 19.9 Å². The first-order chi connectivity index (χ1) is 14.2. The maximum atomic E-state index is 13.0. The summed E-state index contributed by atoms with van der Waals surface area (Å²) in [5.74, 6) is -0.743. The minimum absolute atomic E-state index is 0.0463. The highest BCUT2D eigenvalue weighted by molar-refractivity contribution is 7.10. The molecule has 0 aliphatic rings. The Morgan fingerprint density at radius 3 is 2.72 bits per heavy atom. The molecule has 29 heavy (non-hydrogen) atoms. The molecular weight excluding hydrogens is 388 g/mol. The topological polar surface area (TPSA) is 85.6 Å². The van der Waals surface area contributed by atoms with Crippen LogP contribution in [0.15, 0.2) is 66.3 Å². The average molecular weight is 406 g/mol. The monoisotopic (exact) mass is 406 g/mol. The van der Waals surface area contributed by atoms with Crippen LogP contribution in [-0.4, -0.2) is 33.6 Å². The fraction of sp³-hybridized carbons (Fsp3) is 0.143. The number of rotatable bonds is 6. The summed E-state index contributed by atoms with van der Waals surface area (Å²) in [5, 5.41) is 9.18. The van der Waals surface area contributed by atoms with Crippen LogP contribution in [0.3, 0.4) is 0 Å². The first-order valence-corrected chi connectivity index (χ1v) is 9.84. The van der Waals surface area contributed by atoms with Gasteiger partial charge in [-0.05, 0) is 17.5 Å². The standard InChI is InChI=1S/C21H18N4O3S/c1-28-19(26)12-16(18-8-5-11-29-18)24-21(27)15-13-23-25-17(9-10-22-20(15)25)14-6-3-2-4-7-14/h2-11,13,16H,12H2,1H3,(H,24,27). The van der Waals surface area contributed by atoms with Crippen LogP contribution in [0.5, 0.6) is 0 Å². The lowest BCUT2D eigenvalue weighted by Gasteiger charge is -2.16. The highest BCUT2D eigenvalue weighted by atomic mass is 32.1. The van der Waals surface area contributed by atoms with Crippen molar-refractivity contribution in [2.24, 2.45) is 0 Å². The number of carbonyl (C=O) groups is 2. The van der Waals surface area contributed by atoms with Crippen molar-refractivity contribution in [2.75, 3.05) is 7.11 Å². The quantitative estimate of drug-likeness (QED) is 0.496. The molecule has 0 aliphatic carbocycles. The summed E-state index contributed by atoms with van der Waals surface area (Å²) in [6.07, 6.45) is 3.19. The molecule has 0 bridgehead atoms. The second-order valence-electron chi connectivity index (χ2n) is 6.31. The van der Waals surface area contributed by atoms with Gasteiger partial charge in [0.05, 0.1) is 31.5 Å². The van der Waals surface area contributed by atoms with Crippen molar-refractivity contribution in [3.05, 3.63) is 76.7 Å². The van der Waals surface area contributed by atoms with E-state index in [9.17, 15) is 9.59 Å². The van der Waals surface area contributed by atoms with Gasteiger partial charge in [0, 0.05) is 16.6 Å². The molecule has 146 valence electrons. The molecule has 0 aliphatic heterocycles. The Labute approximate surface area is 171 Å². The number of aromatic nitrogens is 3. The molecule has 1 aromatic carbocycles. The van der Waals surface area contributed by atoms with Crippen LogP contribution in [0.25, 0.3) is 16.9 Å². The second-order valence-corrected chi connectivity index (χ2v) is 7.29. The summed E-state index contributed by atoms with van der Waals surface area (Å²) >= 11 is 1.47. The molecular formula is C21H18N4O3S. The van der Waals surface area contributed by atoms with E-state index in [0.29, 0.717) is 11.2 Å². The lowest BCUT2D eigenvalue weighted by atomic mass is 10.1. The van der Waals surface area contributed by atoms with Crippen LogP contribution in [0.4, 0.5) is 0 Å². The van der Waals surface area contributed by atoms with Crippen LogP contribution >= 0.6 is 11.3 Å². The summed E-state index contributed by atoms with van der Waals surface area (Å²) in [6.45, 7) is 0. The van der Waals surface area contributed by atoms with Crippen molar-refractivity contribution in [3.63, 3.8) is 0 Å². The van der Waals surface area contributed by atoms with Crippen molar-refractivity contribution >= 4 is 28.9 Å². The van der Waals surface area contributed by atoms with Gasteiger partial charge < -0.3 is 10.1 Å². The highest BCUT2D eigenvalue weighted by Gasteiger charge is 2.23. The van der Waals surface area contributed by atoms with Crippen LogP contribution in [-0.2, 0) is 9.53 Å². The summed E-state index contributed by atoms with van der Waals surface area (Å²) in [6, 6.07) is 14.9. The van der Waals surface area contributed by atoms with Gasteiger partial charge in [-0.2, -0.15) is 5.10 Å². The zero-order valence-corrected chi connectivity index (χ0v) is 16.4. The molecule has 0 saturated heterocycles. The number of hydrogen-bond donors (Lipinski definition) is 1. The normalized spacial score (nSPS) is 11.9. The first kappa shape index (κ1) is 18.8. The van der Waals surface area contributed by atoms with Gasteiger partial charge in [-0.15, -0.1) is 11.3 Å². The lowest BCUT2D eigenvalue weighted by molar-refractivity contribution is -0.141. The zero-order valence-electron chi connectivity index (χ0n) is 15.6. The minimum Gasteiger partial charge on any atom is -0.469 e. The Bertz CT molecular complexity index is 1140. The number of carbonyl (C=O) groups excluding carboxylic acids is 2. The second kappa shape index (κ2) is 8.24. The van der Waals surface area contributed by atoms with Crippen LogP contribution in [0, 0.1) is 0 Å². The van der Waals surface area contributed by atoms with Crippen LogP contribution < -0.4 is 5.32 Å². The Balaban J connectivity index is 1.66. The molecule has 7 nitrogen and oxygen atoms in total. The van der Waals surface area contributed by atoms with Gasteiger partial charge in [0.1, 0.15) is 5.56 Å². The number of hydrogen-bond acceptors (Lipinski definition) is 6. The van der Waals surface area contributed by atoms with Crippen molar-refractivity contribution in [3.8, 4) is 11.3 Å². The number of fused-ring (bicyclic) bond motifs is 1. The van der Waals surface area contributed by atoms with E-state index in [2.05, 4.69) is 15.4 Å². The van der Waals surface area contributed by atoms with Gasteiger partial charge >= 0.3 is 5.97 Å². The summed E-state index contributed by atoms with van der Waals surface area (Å²) in [7, 11) is 1.33. The van der Waals surface area contributed by atoms with E-state index < -0.39 is 12.0 Å². The number of esters is 1. The van der Waals surface area contributed by atoms with Gasteiger partial charge in [-0.3, -0.25) is 9.59 Å². The summed E-state index contributed by atoms with van der Waals surface area (Å²) in [4.78, 5) is 30.0. The smallest absolute Gasteiger partial charge is 0.307 e. The molecule has 1 unspecified atom stereocenters. The van der Waals surface area contributed by atoms with E-state index in [4.69, 9.17) is 4.74 Å². The van der Waals surface area contributed by atoms with E-state index in [1.54, 1.807) is 10.7 Å². The largest absolute Gasteiger partial charge is 0.469 e. The summed E-state index contributed by atoms with van der Waals surface area (Å²) < 4.78 is 6.42. The zero-order chi connectivity index (χ0) is 20.2. The first-order valence-electron chi connectivity index (χ1n) is 8.96. The molecule has 1 N–H and O–H groups in total. The van der Waals surface area contributed by atoms with Gasteiger partial charge in [0.25, 0.3) is 5.91 Å². The maximum absolute atomic E-state index is 13.0. The third-order valence-electron chi connectivity index (χ3n) is 4.51. The highest BCUT2D eigenvalue weighted by Crippen LogP contribution is 2.24. The molecule has 0 spiro atoms. The minimum atomic E-state index is -0.484. The van der Waals surface area contributed by atoms with Crippen molar-refractivity contribution in [1.29, 1.82) is 0 Å². The molecule has 0 saturated carbocycles. The fourth-order valence-electron chi connectivity index (χ4n) is 3.08. The van der Waals surface area contributed by atoms with Gasteiger partial charge in [0.2, 0.25) is 0 Å². The van der Waals surface area contributed by atoms with Crippen molar-refractivity contribution < 1.29 is 14.3 Å². The summed E-state index contributed by atoms with van der Waals surface area (Å²) in [5.41, 5.74) is 2.59. The predicted molar refractivity (Wildman–Crippen MR) is 110 cm³/mol. The Kier molecular flexibility index (Phi) is 5.35. The number of nitrogens with zero attached hydrogens (tertiary/aromatic N) is 3. The predicted octanol–water partition coefficient (Wildman–Crippen LogP) is 3.49. The Hall–Kier alpha value is -3.52. The molecule has 0 radical (unpaired) electrons. The number of ether oxygens (including phenoxy) is 1. The fourth-order valence-corrected chi connectivity index (χ4v) is 3.86. The van der Waals surface area contributed by atoms with Crippen molar-refractivity contribution in [2.45, 2.75) is 12.5 Å². The van der Waals surface area contributed by atoms with Gasteiger partial charge in [0.15, 0.2) is 5.65 Å². The third kappa shape index (κ3) is 3.88. The molecule has 0 fully saturated rings. The third-order valence-corrected chi connectivity index (χ3v) is 5.49. The average Bonchev–Trinajstić information content (AvgIpc) is 3.43. The van der Waals surface area contributed by atoms with Crippen LogP contribution in [0.2, 0.25) is 0 Å². The molecule has 4 aromatic rings.